The highest BCUT2D eigenvalue weighted by Gasteiger charge is 2.21. The lowest BCUT2D eigenvalue weighted by Gasteiger charge is -2.27. The summed E-state index contributed by atoms with van der Waals surface area (Å²) in [6, 6.07) is 6.82. The second kappa shape index (κ2) is 9.84. The first-order chi connectivity index (χ1) is 12.1. The summed E-state index contributed by atoms with van der Waals surface area (Å²) < 4.78 is 0. The van der Waals surface area contributed by atoms with Crippen LogP contribution in [0.1, 0.15) is 26.2 Å². The molecule has 6 heteroatoms. The molecule has 25 heavy (non-hydrogen) atoms. The predicted molar refractivity (Wildman–Crippen MR) is 102 cm³/mol. The van der Waals surface area contributed by atoms with Gasteiger partial charge in [0.1, 0.15) is 0 Å². The van der Waals surface area contributed by atoms with E-state index in [9.17, 15) is 9.59 Å². The van der Waals surface area contributed by atoms with E-state index in [0.29, 0.717) is 30.5 Å². The number of hydrogen-bond donors (Lipinski definition) is 4. The van der Waals surface area contributed by atoms with Crippen molar-refractivity contribution in [1.29, 1.82) is 0 Å². The van der Waals surface area contributed by atoms with Crippen molar-refractivity contribution >= 4 is 23.3 Å². The molecular weight excluding hydrogens is 316 g/mol. The Hall–Kier alpha value is -2.34. The zero-order chi connectivity index (χ0) is 18.1. The molecule has 4 N–H and O–H groups in total. The van der Waals surface area contributed by atoms with Crippen molar-refractivity contribution in [2.75, 3.05) is 30.3 Å². The van der Waals surface area contributed by atoms with Gasteiger partial charge in [0.15, 0.2) is 0 Å². The Morgan fingerprint density at radius 2 is 1.80 bits per heavy atom. The van der Waals surface area contributed by atoms with Crippen molar-refractivity contribution < 1.29 is 9.59 Å². The Morgan fingerprint density at radius 1 is 1.20 bits per heavy atom. The van der Waals surface area contributed by atoms with Gasteiger partial charge in [0, 0.05) is 24.3 Å². The van der Waals surface area contributed by atoms with Crippen molar-refractivity contribution in [1.82, 2.24) is 10.6 Å². The Balaban J connectivity index is 1.78. The van der Waals surface area contributed by atoms with Gasteiger partial charge in [0.05, 0.1) is 0 Å². The standard InChI is InChI=1S/C19H28N4O2/c1-3-10-21-19(25)23-17-6-4-16(5-7-17)22-18(24)13-14(2)15-8-11-20-12-9-15/h3-7,14-15,20H,1,8-13H2,2H3,(H,22,24)(H2,21,23,25). The molecule has 0 saturated carbocycles. The summed E-state index contributed by atoms with van der Waals surface area (Å²) in [7, 11) is 0. The summed E-state index contributed by atoms with van der Waals surface area (Å²) >= 11 is 0. The fourth-order valence-corrected chi connectivity index (χ4v) is 3.06. The second-order valence-electron chi connectivity index (χ2n) is 6.52. The maximum absolute atomic E-state index is 12.2. The molecule has 2 rings (SSSR count). The molecule has 1 heterocycles. The van der Waals surface area contributed by atoms with E-state index in [0.717, 1.165) is 31.6 Å². The van der Waals surface area contributed by atoms with Crippen molar-refractivity contribution in [2.24, 2.45) is 11.8 Å². The second-order valence-corrected chi connectivity index (χ2v) is 6.52. The minimum absolute atomic E-state index is 0.0375. The van der Waals surface area contributed by atoms with E-state index in [4.69, 9.17) is 0 Å². The largest absolute Gasteiger partial charge is 0.334 e. The number of piperidine rings is 1. The maximum Gasteiger partial charge on any atom is 0.319 e. The van der Waals surface area contributed by atoms with Crippen molar-refractivity contribution in [3.05, 3.63) is 36.9 Å². The van der Waals surface area contributed by atoms with Crippen LogP contribution in [-0.4, -0.2) is 31.6 Å². The molecule has 0 spiro atoms. The van der Waals surface area contributed by atoms with E-state index in [2.05, 4.69) is 34.8 Å². The molecule has 0 bridgehead atoms. The van der Waals surface area contributed by atoms with Crippen LogP contribution in [0, 0.1) is 11.8 Å². The van der Waals surface area contributed by atoms with Crippen LogP contribution in [0.3, 0.4) is 0 Å². The number of rotatable bonds is 7. The van der Waals surface area contributed by atoms with Crippen LogP contribution in [0.5, 0.6) is 0 Å². The highest BCUT2D eigenvalue weighted by molar-refractivity contribution is 5.92. The number of hydrogen-bond acceptors (Lipinski definition) is 3. The number of carbonyl (C=O) groups is 2. The molecule has 1 atom stereocenters. The number of benzene rings is 1. The van der Waals surface area contributed by atoms with E-state index < -0.39 is 0 Å². The van der Waals surface area contributed by atoms with Gasteiger partial charge in [-0.3, -0.25) is 4.79 Å². The average Bonchev–Trinajstić information content (AvgIpc) is 2.62. The summed E-state index contributed by atoms with van der Waals surface area (Å²) in [5.41, 5.74) is 1.40. The molecule has 3 amide bonds. The van der Waals surface area contributed by atoms with Crippen molar-refractivity contribution in [2.45, 2.75) is 26.2 Å². The quantitative estimate of drug-likeness (QED) is 0.574. The van der Waals surface area contributed by atoms with Crippen molar-refractivity contribution in [3.63, 3.8) is 0 Å². The lowest BCUT2D eigenvalue weighted by molar-refractivity contribution is -0.117. The molecule has 0 aromatic heterocycles. The zero-order valence-corrected chi connectivity index (χ0v) is 14.8. The van der Waals surface area contributed by atoms with E-state index in [1.807, 2.05) is 0 Å². The molecule has 1 aliphatic rings. The normalized spacial score (nSPS) is 15.9. The molecule has 1 unspecified atom stereocenters. The molecule has 1 saturated heterocycles. The highest BCUT2D eigenvalue weighted by atomic mass is 16.2. The zero-order valence-electron chi connectivity index (χ0n) is 14.8. The summed E-state index contributed by atoms with van der Waals surface area (Å²) in [4.78, 5) is 23.8. The van der Waals surface area contributed by atoms with Crippen LogP contribution >= 0.6 is 0 Å². The summed E-state index contributed by atoms with van der Waals surface area (Å²) in [5.74, 6) is 1.04. The number of amides is 3. The Morgan fingerprint density at radius 3 is 2.40 bits per heavy atom. The third kappa shape index (κ3) is 6.58. The third-order valence-electron chi connectivity index (χ3n) is 4.53. The lowest BCUT2D eigenvalue weighted by atomic mass is 9.84. The maximum atomic E-state index is 12.2. The molecule has 136 valence electrons. The molecule has 0 radical (unpaired) electrons. The van der Waals surface area contributed by atoms with Crippen LogP contribution in [0.2, 0.25) is 0 Å². The third-order valence-corrected chi connectivity index (χ3v) is 4.53. The van der Waals surface area contributed by atoms with Crippen molar-refractivity contribution in [3.8, 4) is 0 Å². The van der Waals surface area contributed by atoms with Crippen LogP contribution in [0.25, 0.3) is 0 Å². The van der Waals surface area contributed by atoms with E-state index in [-0.39, 0.29) is 11.9 Å². The Bertz CT molecular complexity index is 580. The lowest BCUT2D eigenvalue weighted by Crippen LogP contribution is -2.32. The van der Waals surface area contributed by atoms with E-state index in [1.54, 1.807) is 30.3 Å². The van der Waals surface area contributed by atoms with Crippen LogP contribution in [-0.2, 0) is 4.79 Å². The van der Waals surface area contributed by atoms with Gasteiger partial charge >= 0.3 is 6.03 Å². The molecule has 1 aromatic rings. The average molecular weight is 344 g/mol. The molecule has 1 aliphatic heterocycles. The van der Waals surface area contributed by atoms with Gasteiger partial charge in [-0.2, -0.15) is 0 Å². The first kappa shape index (κ1) is 19.0. The first-order valence-electron chi connectivity index (χ1n) is 8.85. The van der Waals surface area contributed by atoms with Gasteiger partial charge in [-0.15, -0.1) is 6.58 Å². The first-order valence-corrected chi connectivity index (χ1v) is 8.85. The van der Waals surface area contributed by atoms with Gasteiger partial charge in [0.25, 0.3) is 0 Å². The number of nitrogens with one attached hydrogen (secondary N) is 4. The number of urea groups is 1. The molecule has 6 nitrogen and oxygen atoms in total. The summed E-state index contributed by atoms with van der Waals surface area (Å²) in [6.07, 6.45) is 4.43. The van der Waals surface area contributed by atoms with Crippen LogP contribution in [0.4, 0.5) is 16.2 Å². The van der Waals surface area contributed by atoms with Gasteiger partial charge in [-0.05, 0) is 62.0 Å². The Kier molecular flexibility index (Phi) is 7.47. The summed E-state index contributed by atoms with van der Waals surface area (Å²) in [6.45, 7) is 8.21. The summed E-state index contributed by atoms with van der Waals surface area (Å²) in [5, 5.41) is 11.6. The molecule has 0 aliphatic carbocycles. The fourth-order valence-electron chi connectivity index (χ4n) is 3.06. The molecule has 1 fully saturated rings. The SMILES string of the molecule is C=CCNC(=O)Nc1ccc(NC(=O)CC(C)C2CCNCC2)cc1. The number of carbonyl (C=O) groups excluding carboxylic acids is 2. The van der Waals surface area contributed by atoms with Crippen LogP contribution in [0.15, 0.2) is 36.9 Å². The minimum Gasteiger partial charge on any atom is -0.334 e. The molecule has 1 aromatic carbocycles. The Labute approximate surface area is 149 Å². The monoisotopic (exact) mass is 344 g/mol. The van der Waals surface area contributed by atoms with E-state index in [1.165, 1.54) is 0 Å². The van der Waals surface area contributed by atoms with E-state index >= 15 is 0 Å². The topological polar surface area (TPSA) is 82.3 Å². The van der Waals surface area contributed by atoms with Gasteiger partial charge in [-0.1, -0.05) is 13.0 Å². The smallest absolute Gasteiger partial charge is 0.319 e. The highest BCUT2D eigenvalue weighted by Crippen LogP contribution is 2.24. The van der Waals surface area contributed by atoms with Gasteiger partial charge in [0.2, 0.25) is 5.91 Å². The van der Waals surface area contributed by atoms with Crippen LogP contribution < -0.4 is 21.3 Å². The van der Waals surface area contributed by atoms with Gasteiger partial charge < -0.3 is 21.3 Å². The number of anilines is 2. The fraction of sp³-hybridized carbons (Fsp3) is 0.474. The molecular formula is C19H28N4O2. The minimum atomic E-state index is -0.285. The predicted octanol–water partition coefficient (Wildman–Crippen LogP) is 2.96. The van der Waals surface area contributed by atoms with Gasteiger partial charge in [-0.25, -0.2) is 4.79 Å².